The summed E-state index contributed by atoms with van der Waals surface area (Å²) in [6.45, 7) is 1.98. The molecule has 1 aromatic rings. The van der Waals surface area contributed by atoms with Crippen LogP contribution in [0, 0.1) is 12.8 Å². The second-order valence-corrected chi connectivity index (χ2v) is 5.13. The van der Waals surface area contributed by atoms with Crippen LogP contribution in [-0.4, -0.2) is 13.0 Å². The van der Waals surface area contributed by atoms with Gasteiger partial charge in [0.25, 0.3) is 5.91 Å². The Labute approximate surface area is 123 Å². The number of nitrogens with one attached hydrogen (secondary N) is 1. The van der Waals surface area contributed by atoms with Gasteiger partial charge in [-0.25, -0.2) is 0 Å². The zero-order valence-corrected chi connectivity index (χ0v) is 12.1. The minimum Gasteiger partial charge on any atom is -0.495 e. The van der Waals surface area contributed by atoms with Gasteiger partial charge in [-0.1, -0.05) is 18.2 Å². The van der Waals surface area contributed by atoms with Gasteiger partial charge in [0.15, 0.2) is 0 Å². The number of carbonyl (C=O) groups excluding carboxylic acids is 1. The molecule has 1 aromatic carbocycles. The normalized spacial score (nSPS) is 19.2. The summed E-state index contributed by atoms with van der Waals surface area (Å²) < 4.78 is 10.8. The number of methoxy groups -OCH3 is 1. The van der Waals surface area contributed by atoms with Crippen molar-refractivity contribution in [3.05, 3.63) is 59.6 Å². The molecule has 0 bridgehead atoms. The number of rotatable bonds is 3. The second kappa shape index (κ2) is 5.48. The standard InChI is InChI=1S/C17H17NO3/c1-11-7-8-14(16(9-11)20-2)18-17(19)13-10-21-15-6-4-3-5-12(13)15/h3-4,6-10,12H,5H2,1-2H3,(H,18,19). The molecule has 0 saturated carbocycles. The van der Waals surface area contributed by atoms with E-state index in [1.807, 2.05) is 43.4 Å². The fourth-order valence-corrected chi connectivity index (χ4v) is 2.53. The smallest absolute Gasteiger partial charge is 0.255 e. The van der Waals surface area contributed by atoms with Crippen molar-refractivity contribution in [3.63, 3.8) is 0 Å². The molecule has 0 radical (unpaired) electrons. The van der Waals surface area contributed by atoms with Crippen molar-refractivity contribution in [3.8, 4) is 5.75 Å². The highest BCUT2D eigenvalue weighted by atomic mass is 16.5. The first-order valence-corrected chi connectivity index (χ1v) is 6.88. The first-order chi connectivity index (χ1) is 10.2. The van der Waals surface area contributed by atoms with Crippen LogP contribution in [0.15, 0.2) is 54.0 Å². The van der Waals surface area contributed by atoms with Crippen molar-refractivity contribution < 1.29 is 14.3 Å². The SMILES string of the molecule is COc1cc(C)ccc1NC(=O)C1=COC2=CC=CCC21. The number of carbonyl (C=O) groups is 1. The fourth-order valence-electron chi connectivity index (χ4n) is 2.53. The Morgan fingerprint density at radius 1 is 1.43 bits per heavy atom. The molecule has 1 heterocycles. The van der Waals surface area contributed by atoms with Crippen LogP contribution in [-0.2, 0) is 9.53 Å². The third-order valence-corrected chi connectivity index (χ3v) is 3.68. The molecule has 1 aliphatic heterocycles. The van der Waals surface area contributed by atoms with E-state index in [1.54, 1.807) is 13.4 Å². The molecule has 21 heavy (non-hydrogen) atoms. The molecule has 0 saturated heterocycles. The lowest BCUT2D eigenvalue weighted by Crippen LogP contribution is -2.19. The van der Waals surface area contributed by atoms with E-state index in [9.17, 15) is 4.79 Å². The molecule has 1 aliphatic carbocycles. The maximum Gasteiger partial charge on any atom is 0.255 e. The molecule has 1 unspecified atom stereocenters. The van der Waals surface area contributed by atoms with Gasteiger partial charge in [-0.2, -0.15) is 0 Å². The van der Waals surface area contributed by atoms with Crippen LogP contribution in [0.4, 0.5) is 5.69 Å². The summed E-state index contributed by atoms with van der Waals surface area (Å²) >= 11 is 0. The highest BCUT2D eigenvalue weighted by molar-refractivity contribution is 6.05. The zero-order chi connectivity index (χ0) is 14.8. The number of hydrogen-bond acceptors (Lipinski definition) is 3. The maximum atomic E-state index is 12.5. The lowest BCUT2D eigenvalue weighted by molar-refractivity contribution is -0.113. The van der Waals surface area contributed by atoms with Gasteiger partial charge >= 0.3 is 0 Å². The van der Waals surface area contributed by atoms with E-state index in [2.05, 4.69) is 5.32 Å². The quantitative estimate of drug-likeness (QED) is 0.925. The van der Waals surface area contributed by atoms with Gasteiger partial charge in [0.1, 0.15) is 17.8 Å². The average molecular weight is 283 g/mol. The van der Waals surface area contributed by atoms with E-state index in [0.29, 0.717) is 17.0 Å². The third kappa shape index (κ3) is 2.57. The first-order valence-electron chi connectivity index (χ1n) is 6.88. The van der Waals surface area contributed by atoms with E-state index in [4.69, 9.17) is 9.47 Å². The van der Waals surface area contributed by atoms with Crippen molar-refractivity contribution in [2.45, 2.75) is 13.3 Å². The van der Waals surface area contributed by atoms with Crippen LogP contribution in [0.3, 0.4) is 0 Å². The molecule has 0 spiro atoms. The highest BCUT2D eigenvalue weighted by Crippen LogP contribution is 2.35. The van der Waals surface area contributed by atoms with Crippen molar-refractivity contribution in [2.24, 2.45) is 5.92 Å². The van der Waals surface area contributed by atoms with Crippen LogP contribution in [0.5, 0.6) is 5.75 Å². The van der Waals surface area contributed by atoms with Gasteiger partial charge in [0.05, 0.1) is 24.3 Å². The molecule has 108 valence electrons. The molecule has 2 aliphatic rings. The Hall–Kier alpha value is -2.49. The first kappa shape index (κ1) is 13.5. The summed E-state index contributed by atoms with van der Waals surface area (Å²) in [5.74, 6) is 1.35. The van der Waals surface area contributed by atoms with Gasteiger partial charge in [0.2, 0.25) is 0 Å². The number of allylic oxidation sites excluding steroid dienone is 4. The predicted octanol–water partition coefficient (Wildman–Crippen LogP) is 3.32. The Morgan fingerprint density at radius 2 is 2.29 bits per heavy atom. The van der Waals surface area contributed by atoms with Crippen LogP contribution in [0.1, 0.15) is 12.0 Å². The number of ether oxygens (including phenoxy) is 2. The minimum absolute atomic E-state index is 0.0199. The lowest BCUT2D eigenvalue weighted by atomic mass is 9.92. The predicted molar refractivity (Wildman–Crippen MR) is 80.9 cm³/mol. The molecule has 0 fully saturated rings. The lowest BCUT2D eigenvalue weighted by Gasteiger charge is -2.16. The number of fused-ring (bicyclic) bond motifs is 1. The average Bonchev–Trinajstić information content (AvgIpc) is 2.93. The number of amides is 1. The van der Waals surface area contributed by atoms with Crippen LogP contribution in [0.25, 0.3) is 0 Å². The molecule has 4 heteroatoms. The minimum atomic E-state index is -0.152. The van der Waals surface area contributed by atoms with Gasteiger partial charge in [-0.05, 0) is 37.1 Å². The summed E-state index contributed by atoms with van der Waals surface area (Å²) in [6, 6.07) is 5.68. The van der Waals surface area contributed by atoms with Gasteiger partial charge in [-0.15, -0.1) is 0 Å². The van der Waals surface area contributed by atoms with E-state index >= 15 is 0 Å². The fraction of sp³-hybridized carbons (Fsp3) is 0.235. The van der Waals surface area contributed by atoms with Crippen molar-refractivity contribution in [1.82, 2.24) is 0 Å². The summed E-state index contributed by atoms with van der Waals surface area (Å²) in [7, 11) is 1.59. The molecule has 1 amide bonds. The maximum absolute atomic E-state index is 12.5. The molecule has 3 rings (SSSR count). The largest absolute Gasteiger partial charge is 0.495 e. The summed E-state index contributed by atoms with van der Waals surface area (Å²) in [4.78, 5) is 12.5. The molecular formula is C17H17NO3. The Balaban J connectivity index is 1.79. The molecular weight excluding hydrogens is 266 g/mol. The van der Waals surface area contributed by atoms with Gasteiger partial charge in [-0.3, -0.25) is 4.79 Å². The zero-order valence-electron chi connectivity index (χ0n) is 12.1. The van der Waals surface area contributed by atoms with E-state index in [-0.39, 0.29) is 11.8 Å². The molecule has 1 N–H and O–H groups in total. The molecule has 0 aromatic heterocycles. The van der Waals surface area contributed by atoms with E-state index in [1.165, 1.54) is 0 Å². The number of anilines is 1. The summed E-state index contributed by atoms with van der Waals surface area (Å²) in [5, 5.41) is 2.90. The summed E-state index contributed by atoms with van der Waals surface area (Å²) in [5.41, 5.74) is 2.39. The second-order valence-electron chi connectivity index (χ2n) is 5.13. The topological polar surface area (TPSA) is 47.6 Å². The van der Waals surface area contributed by atoms with Crippen molar-refractivity contribution in [1.29, 1.82) is 0 Å². The Bertz CT molecular complexity index is 671. The number of aryl methyl sites for hydroxylation is 1. The molecule has 4 nitrogen and oxygen atoms in total. The highest BCUT2D eigenvalue weighted by Gasteiger charge is 2.31. The van der Waals surface area contributed by atoms with Crippen LogP contribution in [0.2, 0.25) is 0 Å². The van der Waals surface area contributed by atoms with E-state index < -0.39 is 0 Å². The Morgan fingerprint density at radius 3 is 3.10 bits per heavy atom. The summed E-state index contributed by atoms with van der Waals surface area (Å²) in [6.07, 6.45) is 8.22. The van der Waals surface area contributed by atoms with Gasteiger partial charge < -0.3 is 14.8 Å². The van der Waals surface area contributed by atoms with Gasteiger partial charge in [0, 0.05) is 0 Å². The van der Waals surface area contributed by atoms with Crippen molar-refractivity contribution in [2.75, 3.05) is 12.4 Å². The number of hydrogen-bond donors (Lipinski definition) is 1. The van der Waals surface area contributed by atoms with Crippen molar-refractivity contribution >= 4 is 11.6 Å². The van der Waals surface area contributed by atoms with Crippen LogP contribution >= 0.6 is 0 Å². The van der Waals surface area contributed by atoms with Crippen LogP contribution < -0.4 is 10.1 Å². The molecule has 1 atom stereocenters. The Kier molecular flexibility index (Phi) is 3.52. The van der Waals surface area contributed by atoms with E-state index in [0.717, 1.165) is 17.7 Å². The monoisotopic (exact) mass is 283 g/mol. The number of benzene rings is 1. The third-order valence-electron chi connectivity index (χ3n) is 3.68.